The molecule has 0 heterocycles. The SMILES string of the molecule is CC(C)(C)NC(=O)CN[C@H]1CC[C@@H](CNC(=O)c2cccc(Cl)c2)CC1. The second-order valence-electron chi connectivity index (χ2n) is 8.12. The van der Waals surface area contributed by atoms with Crippen molar-refractivity contribution in [3.63, 3.8) is 0 Å². The van der Waals surface area contributed by atoms with E-state index < -0.39 is 0 Å². The summed E-state index contributed by atoms with van der Waals surface area (Å²) in [4.78, 5) is 24.0. The highest BCUT2D eigenvalue weighted by Gasteiger charge is 2.22. The lowest BCUT2D eigenvalue weighted by atomic mass is 9.86. The van der Waals surface area contributed by atoms with Crippen LogP contribution in [0.4, 0.5) is 0 Å². The van der Waals surface area contributed by atoms with Crippen LogP contribution in [0.15, 0.2) is 24.3 Å². The first-order chi connectivity index (χ1) is 12.2. The first kappa shape index (κ1) is 20.7. The zero-order chi connectivity index (χ0) is 19.2. The summed E-state index contributed by atoms with van der Waals surface area (Å²) < 4.78 is 0. The molecule has 5 nitrogen and oxygen atoms in total. The number of hydrogen-bond acceptors (Lipinski definition) is 3. The predicted molar refractivity (Wildman–Crippen MR) is 105 cm³/mol. The Kier molecular flexibility index (Phi) is 7.47. The Bertz CT molecular complexity index is 620. The van der Waals surface area contributed by atoms with Gasteiger partial charge in [0.15, 0.2) is 0 Å². The van der Waals surface area contributed by atoms with Crippen molar-refractivity contribution >= 4 is 23.4 Å². The first-order valence-corrected chi connectivity index (χ1v) is 9.69. The van der Waals surface area contributed by atoms with Crippen LogP contribution in [0, 0.1) is 5.92 Å². The summed E-state index contributed by atoms with van der Waals surface area (Å²) in [6.45, 7) is 6.98. The highest BCUT2D eigenvalue weighted by atomic mass is 35.5. The summed E-state index contributed by atoms with van der Waals surface area (Å²) in [5.41, 5.74) is 0.398. The monoisotopic (exact) mass is 379 g/mol. The molecule has 1 aromatic carbocycles. The van der Waals surface area contributed by atoms with E-state index in [9.17, 15) is 9.59 Å². The van der Waals surface area contributed by atoms with Gasteiger partial charge >= 0.3 is 0 Å². The van der Waals surface area contributed by atoms with Crippen LogP contribution in [0.3, 0.4) is 0 Å². The van der Waals surface area contributed by atoms with Gasteiger partial charge in [-0.2, -0.15) is 0 Å². The Hall–Kier alpha value is -1.59. The minimum Gasteiger partial charge on any atom is -0.352 e. The molecule has 0 saturated heterocycles. The van der Waals surface area contributed by atoms with Gasteiger partial charge in [0.05, 0.1) is 6.54 Å². The molecule has 0 aliphatic heterocycles. The van der Waals surface area contributed by atoms with Gasteiger partial charge in [0.1, 0.15) is 0 Å². The summed E-state index contributed by atoms with van der Waals surface area (Å²) in [6, 6.07) is 7.36. The van der Waals surface area contributed by atoms with E-state index in [4.69, 9.17) is 11.6 Å². The lowest BCUT2D eigenvalue weighted by Gasteiger charge is -2.29. The number of halogens is 1. The van der Waals surface area contributed by atoms with E-state index in [1.54, 1.807) is 24.3 Å². The molecule has 1 aliphatic rings. The number of carbonyl (C=O) groups is 2. The average molecular weight is 380 g/mol. The molecular weight excluding hydrogens is 350 g/mol. The van der Waals surface area contributed by atoms with E-state index in [0.29, 0.717) is 35.6 Å². The zero-order valence-corrected chi connectivity index (χ0v) is 16.7. The molecule has 26 heavy (non-hydrogen) atoms. The Morgan fingerprint density at radius 2 is 1.85 bits per heavy atom. The van der Waals surface area contributed by atoms with Crippen LogP contribution in [0.25, 0.3) is 0 Å². The molecule has 1 saturated carbocycles. The third-order valence-corrected chi connectivity index (χ3v) is 4.79. The average Bonchev–Trinajstić information content (AvgIpc) is 2.57. The van der Waals surface area contributed by atoms with Crippen molar-refractivity contribution in [3.05, 3.63) is 34.9 Å². The van der Waals surface area contributed by atoms with Crippen LogP contribution < -0.4 is 16.0 Å². The van der Waals surface area contributed by atoms with Crippen molar-refractivity contribution in [3.8, 4) is 0 Å². The van der Waals surface area contributed by atoms with Gasteiger partial charge in [0.25, 0.3) is 5.91 Å². The fourth-order valence-electron chi connectivity index (χ4n) is 3.24. The van der Waals surface area contributed by atoms with Gasteiger partial charge in [-0.05, 0) is 70.6 Å². The molecule has 0 aromatic heterocycles. The number of carbonyl (C=O) groups excluding carboxylic acids is 2. The minimum absolute atomic E-state index is 0.0356. The van der Waals surface area contributed by atoms with Crippen molar-refractivity contribution in [2.45, 2.75) is 58.0 Å². The topological polar surface area (TPSA) is 70.2 Å². The Morgan fingerprint density at radius 1 is 1.15 bits per heavy atom. The summed E-state index contributed by atoms with van der Waals surface area (Å²) in [7, 11) is 0. The van der Waals surface area contributed by atoms with Gasteiger partial charge < -0.3 is 16.0 Å². The van der Waals surface area contributed by atoms with Gasteiger partial charge in [0.2, 0.25) is 5.91 Å². The molecule has 2 amide bonds. The molecule has 2 rings (SSSR count). The van der Waals surface area contributed by atoms with Crippen LogP contribution in [-0.2, 0) is 4.79 Å². The largest absolute Gasteiger partial charge is 0.352 e. The molecule has 3 N–H and O–H groups in total. The van der Waals surface area contributed by atoms with Crippen molar-refractivity contribution in [1.82, 2.24) is 16.0 Å². The second kappa shape index (κ2) is 9.38. The van der Waals surface area contributed by atoms with Gasteiger partial charge in [0, 0.05) is 28.7 Å². The minimum atomic E-state index is -0.197. The van der Waals surface area contributed by atoms with E-state index in [1.807, 2.05) is 20.8 Å². The molecule has 0 atom stereocenters. The van der Waals surface area contributed by atoms with Crippen molar-refractivity contribution in [2.24, 2.45) is 5.92 Å². The summed E-state index contributed by atoms with van der Waals surface area (Å²) in [6.07, 6.45) is 4.16. The molecular formula is C20H30ClN3O2. The second-order valence-corrected chi connectivity index (χ2v) is 8.55. The standard InChI is InChI=1S/C20H30ClN3O2/c1-20(2,3)24-18(25)13-22-17-9-7-14(8-10-17)12-23-19(26)15-5-4-6-16(21)11-15/h4-6,11,14,17,22H,7-10,12-13H2,1-3H3,(H,23,26)(H,24,25)/t14-,17+. The third kappa shape index (κ3) is 7.34. The first-order valence-electron chi connectivity index (χ1n) is 9.31. The van der Waals surface area contributed by atoms with Crippen LogP contribution in [-0.4, -0.2) is 36.5 Å². The van der Waals surface area contributed by atoms with E-state index >= 15 is 0 Å². The van der Waals surface area contributed by atoms with Crippen molar-refractivity contribution in [1.29, 1.82) is 0 Å². The fourth-order valence-corrected chi connectivity index (χ4v) is 3.43. The van der Waals surface area contributed by atoms with Crippen LogP contribution in [0.1, 0.15) is 56.8 Å². The highest BCUT2D eigenvalue weighted by molar-refractivity contribution is 6.30. The maximum atomic E-state index is 12.2. The quantitative estimate of drug-likeness (QED) is 0.711. The number of hydrogen-bond donors (Lipinski definition) is 3. The van der Waals surface area contributed by atoms with Crippen molar-refractivity contribution < 1.29 is 9.59 Å². The number of benzene rings is 1. The normalized spacial score (nSPS) is 20.5. The third-order valence-electron chi connectivity index (χ3n) is 4.55. The Balaban J connectivity index is 1.65. The lowest BCUT2D eigenvalue weighted by Crippen LogP contribution is -2.47. The highest BCUT2D eigenvalue weighted by Crippen LogP contribution is 2.23. The number of amides is 2. The van der Waals surface area contributed by atoms with E-state index in [2.05, 4.69) is 16.0 Å². The maximum Gasteiger partial charge on any atom is 0.251 e. The summed E-state index contributed by atoms with van der Waals surface area (Å²) >= 11 is 5.93. The van der Waals surface area contributed by atoms with Crippen LogP contribution >= 0.6 is 11.6 Å². The smallest absolute Gasteiger partial charge is 0.251 e. The molecule has 1 aliphatic carbocycles. The van der Waals surface area contributed by atoms with Gasteiger partial charge in [-0.15, -0.1) is 0 Å². The number of nitrogens with one attached hydrogen (secondary N) is 3. The maximum absolute atomic E-state index is 12.2. The summed E-state index contributed by atoms with van der Waals surface area (Å²) in [5.74, 6) is 0.444. The summed E-state index contributed by atoms with van der Waals surface area (Å²) in [5, 5.41) is 9.88. The van der Waals surface area contributed by atoms with Crippen LogP contribution in [0.2, 0.25) is 5.02 Å². The van der Waals surface area contributed by atoms with Gasteiger partial charge in [-0.25, -0.2) is 0 Å². The molecule has 6 heteroatoms. The molecule has 0 bridgehead atoms. The molecule has 144 valence electrons. The Morgan fingerprint density at radius 3 is 2.46 bits per heavy atom. The molecule has 0 spiro atoms. The van der Waals surface area contributed by atoms with Crippen molar-refractivity contribution in [2.75, 3.05) is 13.1 Å². The molecule has 0 unspecified atom stereocenters. The van der Waals surface area contributed by atoms with Crippen LogP contribution in [0.5, 0.6) is 0 Å². The van der Waals surface area contributed by atoms with Gasteiger partial charge in [-0.3, -0.25) is 9.59 Å². The fraction of sp³-hybridized carbons (Fsp3) is 0.600. The van der Waals surface area contributed by atoms with Gasteiger partial charge in [-0.1, -0.05) is 17.7 Å². The predicted octanol–water partition coefficient (Wildman–Crippen LogP) is 3.13. The lowest BCUT2D eigenvalue weighted by molar-refractivity contribution is -0.121. The molecule has 0 radical (unpaired) electrons. The number of rotatable bonds is 6. The molecule has 1 fully saturated rings. The molecule has 1 aromatic rings. The zero-order valence-electron chi connectivity index (χ0n) is 15.9. The van der Waals surface area contributed by atoms with E-state index in [1.165, 1.54) is 0 Å². The van der Waals surface area contributed by atoms with E-state index in [-0.39, 0.29) is 17.4 Å². The Labute approximate surface area is 161 Å². The van der Waals surface area contributed by atoms with E-state index in [0.717, 1.165) is 25.7 Å².